The molecule has 1 fully saturated rings. The predicted octanol–water partition coefficient (Wildman–Crippen LogP) is 2.99. The van der Waals surface area contributed by atoms with Gasteiger partial charge in [-0.3, -0.25) is 76.7 Å². The molecule has 1 saturated heterocycles. The van der Waals surface area contributed by atoms with Crippen molar-refractivity contribution in [3.63, 3.8) is 0 Å². The molecule has 35 nitrogen and oxygen atoms in total. The monoisotopic (exact) mass is 1840 g/mol. The molecule has 1 aliphatic rings. The molecule has 0 aliphatic carbocycles. The fourth-order valence-electron chi connectivity index (χ4n) is 15.2. The number of likely N-dealkylation sites (N-methyl/N-ethyl adjacent to an activating group) is 5. The fourth-order valence-corrected chi connectivity index (χ4v) is 16.0. The number of nitrogens with zero attached hydrogens (tertiary/aromatic N) is 5. The van der Waals surface area contributed by atoms with Gasteiger partial charge in [-0.1, -0.05) is 157 Å². The summed E-state index contributed by atoms with van der Waals surface area (Å²) in [6.07, 6.45) is -0.574. The Kier molecular flexibility index (Phi) is 39.1. The maximum Gasteiger partial charge on any atom is 0.305 e. The number of primary amides is 1. The molecule has 0 spiro atoms. The van der Waals surface area contributed by atoms with E-state index in [9.17, 15) is 62.9 Å². The molecule has 0 unspecified atom stereocenters. The Labute approximate surface area is 768 Å². The number of benzene rings is 6. The van der Waals surface area contributed by atoms with Crippen molar-refractivity contribution in [3.8, 4) is 11.5 Å². The number of phenols is 2. The first-order valence-corrected chi connectivity index (χ1v) is 44.5. The third kappa shape index (κ3) is 30.9. The zero-order chi connectivity index (χ0) is 96.7. The number of aromatic nitrogens is 1. The molecule has 38 heteroatoms. The number of para-hydroxylation sites is 1. The number of hydrogen-bond acceptors (Lipinski definition) is 19. The Bertz CT molecular complexity index is 5230. The first-order chi connectivity index (χ1) is 62.7. The Hall–Kier alpha value is -13.8. The lowest BCUT2D eigenvalue weighted by atomic mass is 9.98. The number of unbranched alkanes of at least 4 members (excludes halogenated alkanes) is 1. The molecule has 6 aromatic carbocycles. The molecule has 11 atom stereocenters. The summed E-state index contributed by atoms with van der Waals surface area (Å²) in [7, 11) is 6.27. The van der Waals surface area contributed by atoms with Crippen LogP contribution < -0.4 is 53.6 Å². The van der Waals surface area contributed by atoms with E-state index in [1.165, 1.54) is 71.6 Å². The molecule has 708 valence electrons. The van der Waals surface area contributed by atoms with Crippen LogP contribution in [-0.2, 0) is 115 Å². The highest BCUT2D eigenvalue weighted by Crippen LogP contribution is 2.25. The molecule has 0 saturated carbocycles. The highest BCUT2D eigenvalue weighted by Gasteiger charge is 2.42. The van der Waals surface area contributed by atoms with Gasteiger partial charge in [-0.25, -0.2) is 8.78 Å². The topological polar surface area (TPSA) is 500 Å². The maximum absolute atomic E-state index is 15.5. The van der Waals surface area contributed by atoms with Gasteiger partial charge in [0.05, 0.1) is 31.8 Å². The molecule has 2 heterocycles. The molecule has 15 N–H and O–H groups in total. The van der Waals surface area contributed by atoms with Crippen molar-refractivity contribution < 1.29 is 101 Å². The summed E-state index contributed by atoms with van der Waals surface area (Å²) in [5, 5.41) is 55.1. The van der Waals surface area contributed by atoms with Gasteiger partial charge in [0.1, 0.15) is 78.0 Å². The summed E-state index contributed by atoms with van der Waals surface area (Å²) >= 11 is 0.729. The zero-order valence-electron chi connectivity index (χ0n) is 75.4. The molecule has 0 bridgehead atoms. The number of fused-ring (bicyclic) bond motifs is 1. The summed E-state index contributed by atoms with van der Waals surface area (Å²) in [5.41, 5.74) is 8.55. The van der Waals surface area contributed by atoms with Crippen molar-refractivity contribution in [2.75, 3.05) is 66.4 Å². The van der Waals surface area contributed by atoms with Crippen molar-refractivity contribution >= 4 is 117 Å². The van der Waals surface area contributed by atoms with E-state index in [-0.39, 0.29) is 68.4 Å². The Morgan fingerprint density at radius 2 is 0.985 bits per heavy atom. The van der Waals surface area contributed by atoms with E-state index < -0.39 is 228 Å². The predicted molar refractivity (Wildman–Crippen MR) is 487 cm³/mol. The van der Waals surface area contributed by atoms with Crippen LogP contribution in [-0.4, -0.2) is 272 Å². The Morgan fingerprint density at radius 3 is 1.58 bits per heavy atom. The minimum Gasteiger partial charge on any atom is -0.508 e. The number of aryl methyl sites for hydroxylation is 1. The summed E-state index contributed by atoms with van der Waals surface area (Å²) in [4.78, 5) is 243. The number of carbonyl (C=O) groups excluding carboxylic acids is 15. The second kappa shape index (κ2) is 49.8. The number of H-pyrrole nitrogens is 1. The van der Waals surface area contributed by atoms with Gasteiger partial charge in [-0.05, 0) is 113 Å². The average molecular weight is 1850 g/mol. The van der Waals surface area contributed by atoms with E-state index in [1.54, 1.807) is 138 Å². The number of hydrogen-bond donors (Lipinski definition) is 14. The third-order valence-electron chi connectivity index (χ3n) is 22.5. The maximum atomic E-state index is 15.5. The van der Waals surface area contributed by atoms with E-state index in [0.717, 1.165) is 54.5 Å². The van der Waals surface area contributed by atoms with Crippen LogP contribution in [0.3, 0.4) is 0 Å². The first-order valence-electron chi connectivity index (χ1n) is 43.4. The van der Waals surface area contributed by atoms with Gasteiger partial charge in [0.2, 0.25) is 88.6 Å². The number of rotatable bonds is 24. The van der Waals surface area contributed by atoms with Gasteiger partial charge in [0, 0.05) is 90.2 Å². The smallest absolute Gasteiger partial charge is 0.305 e. The second-order valence-corrected chi connectivity index (χ2v) is 34.7. The minimum atomic E-state index is -1.94. The number of aromatic hydroxyl groups is 2. The van der Waals surface area contributed by atoms with Gasteiger partial charge >= 0.3 is 5.97 Å². The van der Waals surface area contributed by atoms with Gasteiger partial charge in [0.25, 0.3) is 0 Å². The number of nitrogens with one attached hydrogen (secondary N) is 10. The molecule has 1 aromatic heterocycles. The van der Waals surface area contributed by atoms with E-state index in [4.69, 9.17) is 5.73 Å². The molecule has 7 aromatic rings. The van der Waals surface area contributed by atoms with E-state index in [2.05, 4.69) is 52.8 Å². The minimum absolute atomic E-state index is 0.00763. The fraction of sp³-hybridized carbons (Fsp3) is 0.426. The normalized spacial score (nSPS) is 21.7. The third-order valence-corrected chi connectivity index (χ3v) is 23.5. The number of nitrogens with two attached hydrogens (primary N) is 1. The number of carboxylic acids is 1. The van der Waals surface area contributed by atoms with E-state index in [1.807, 2.05) is 0 Å². The zero-order valence-corrected chi connectivity index (χ0v) is 76.2. The van der Waals surface area contributed by atoms with Crippen LogP contribution in [0, 0.1) is 23.5 Å². The van der Waals surface area contributed by atoms with Crippen molar-refractivity contribution in [2.45, 2.75) is 178 Å². The lowest BCUT2D eigenvalue weighted by Gasteiger charge is -2.37. The molecule has 15 amide bonds. The number of carbonyl (C=O) groups is 16. The van der Waals surface area contributed by atoms with Crippen LogP contribution in [0.25, 0.3) is 10.9 Å². The van der Waals surface area contributed by atoms with E-state index in [0.29, 0.717) is 51.6 Å². The SMILES string of the molecule is CCCC[C@H]1C(=O)N(C)CC(=O)N[C@@H](CC(=O)O)C(=O)N[C@@H](C(C)C)C(=O)N(C)[C@@H](Cc2ccccc2)C(=O)N[C@@H](Cc2ccc(O)cc2)C(=O)N(C)CC(=O)N[C@@H](Cc2c[nH]c3ccccc23)C(=O)N[C@H](CCc2ccc(O)cc2)C(=O)N[C@@H](CC(C)C)C(=O)N[C@H](C(=O)NCC(N)=O)CSCC(=O)N[C@@H](Cc2ccc(F)c(F)c2)C(=O)N(C)[C@@H](Cc2ccccc2)C(=O)N1C. The number of aliphatic carboxylic acids is 1. The summed E-state index contributed by atoms with van der Waals surface area (Å²) in [6.45, 7) is 5.93. The molecule has 132 heavy (non-hydrogen) atoms. The number of carboxylic acid groups (broad SMARTS) is 1. The number of aromatic amines is 1. The molecular formula is C94H118F2N16O19S. The van der Waals surface area contributed by atoms with Gasteiger partial charge in [-0.2, -0.15) is 0 Å². The average Bonchev–Trinajstić information content (AvgIpc) is 1.52. The molecular weight excluding hydrogens is 1730 g/mol. The highest BCUT2D eigenvalue weighted by molar-refractivity contribution is 8.00. The van der Waals surface area contributed by atoms with E-state index >= 15 is 38.0 Å². The number of phenolic OH excluding ortho intramolecular Hbond substituents is 2. The van der Waals surface area contributed by atoms with Gasteiger partial charge in [-0.15, -0.1) is 11.8 Å². The summed E-state index contributed by atoms with van der Waals surface area (Å²) in [6, 6.07) is 20.5. The Morgan fingerprint density at radius 1 is 0.485 bits per heavy atom. The van der Waals surface area contributed by atoms with Crippen LogP contribution in [0.2, 0.25) is 0 Å². The summed E-state index contributed by atoms with van der Waals surface area (Å²) in [5.74, 6) is -21.1. The summed E-state index contributed by atoms with van der Waals surface area (Å²) < 4.78 is 29.7. The lowest BCUT2D eigenvalue weighted by Crippen LogP contribution is -2.61. The van der Waals surface area contributed by atoms with Crippen LogP contribution in [0.1, 0.15) is 107 Å². The number of thioether (sulfide) groups is 1. The van der Waals surface area contributed by atoms with Crippen LogP contribution in [0.4, 0.5) is 8.78 Å². The largest absolute Gasteiger partial charge is 0.508 e. The second-order valence-electron chi connectivity index (χ2n) is 33.7. The van der Waals surface area contributed by atoms with Crippen molar-refractivity contribution in [1.29, 1.82) is 0 Å². The van der Waals surface area contributed by atoms with Gasteiger partial charge in [0.15, 0.2) is 11.6 Å². The van der Waals surface area contributed by atoms with Crippen LogP contribution >= 0.6 is 11.8 Å². The van der Waals surface area contributed by atoms with Crippen molar-refractivity contribution in [2.24, 2.45) is 17.6 Å². The first kappa shape index (κ1) is 104. The number of halogens is 2. The lowest BCUT2D eigenvalue weighted by molar-refractivity contribution is -0.151. The molecule has 0 radical (unpaired) electrons. The van der Waals surface area contributed by atoms with Gasteiger partial charge < -0.3 is 98.4 Å². The highest BCUT2D eigenvalue weighted by atomic mass is 32.2. The number of amides is 15. The standard InChI is InChI=1S/C94H118F2N16O19S/c1-11-12-27-75-92(129)109(7)51-80(117)101-71(47-82(119)120)88(125)107-83(55(4)5)94(131)111(9)76(44-57-21-15-13-16-22-57)89(126)105-72(42-59-30-36-63(114)37-31-59)90(127)108(6)50-79(116)100-70(46-61-48-98-67-26-20-19-25-64(61)67)87(124)103-68(39-33-56-28-34-62(113)35-29-56)85(122)104-69(40-54(2)3)86(123)106-74(84(121)99-49-78(97)115)52-132-53-81(118)102-73(43-60-32-38-65(95)66(96)41-60)91(128)112(10)77(93(130)110(75)8)45-58-23-17-14-18-24-58/h13-26,28-32,34-38,41,48,54-55,68-77,83,98,113-114H,11-12,27,33,39-40,42-47,49-53H2,1-10H3,(H2,97,115)(H,99,121)(H,100,116)(H,101,117)(H,102,118)(H,103,124)(H,104,122)(H,105,126)(H,106,123)(H,107,125)(H,119,120)/t68-,69+,70+,71+,72+,73+,74+,75+,76+,77+,83+/m1/s1. The quantitative estimate of drug-likeness (QED) is 0.0413. The van der Waals surface area contributed by atoms with Crippen LogP contribution in [0.15, 0.2) is 158 Å². The molecule has 1 aliphatic heterocycles. The van der Waals surface area contributed by atoms with Crippen LogP contribution in [0.5, 0.6) is 11.5 Å². The Balaban J connectivity index is 1.22. The van der Waals surface area contributed by atoms with Crippen molar-refractivity contribution in [1.82, 2.24) is 77.3 Å². The van der Waals surface area contributed by atoms with Crippen molar-refractivity contribution in [3.05, 3.63) is 203 Å². The molecule has 8 rings (SSSR count).